The Morgan fingerprint density at radius 2 is 0.964 bits per heavy atom. The molecule has 0 bridgehead atoms. The standard InChI is InChI=1S/C46H90NO7P/c1-3-5-7-9-11-13-15-17-19-21-23-25-27-29-31-33-35-37-39-46(48)54-45(44-53-55(49,50)52-42-40-47)43-51-41-38-36-34-32-30-28-26-24-22-20-18-16-14-12-10-8-6-4-2/h12,14,18,20,45H,3-11,13,15-17,19,21-44,47H2,1-2H3,(H,49,50)/b14-12-,20-18-. The molecule has 0 aliphatic carbocycles. The van der Waals surface area contributed by atoms with E-state index in [1.54, 1.807) is 0 Å². The minimum absolute atomic E-state index is 0.0944. The van der Waals surface area contributed by atoms with E-state index in [0.29, 0.717) is 13.0 Å². The van der Waals surface area contributed by atoms with E-state index in [1.165, 1.54) is 167 Å². The average Bonchev–Trinajstić information content (AvgIpc) is 3.17. The van der Waals surface area contributed by atoms with Crippen molar-refractivity contribution in [1.82, 2.24) is 0 Å². The van der Waals surface area contributed by atoms with Gasteiger partial charge in [0.2, 0.25) is 0 Å². The molecule has 0 aliphatic rings. The minimum Gasteiger partial charge on any atom is -0.457 e. The molecule has 0 saturated heterocycles. The number of carbonyl (C=O) groups excluding carboxylic acids is 1. The number of hydrogen-bond acceptors (Lipinski definition) is 7. The molecule has 0 aromatic carbocycles. The highest BCUT2D eigenvalue weighted by Gasteiger charge is 2.25. The summed E-state index contributed by atoms with van der Waals surface area (Å²) in [7, 11) is -4.28. The van der Waals surface area contributed by atoms with Crippen molar-refractivity contribution in [1.29, 1.82) is 0 Å². The minimum atomic E-state index is -4.28. The Kier molecular flexibility index (Phi) is 43.3. The zero-order valence-electron chi connectivity index (χ0n) is 36.2. The maximum absolute atomic E-state index is 12.6. The quantitative estimate of drug-likeness (QED) is 0.0271. The van der Waals surface area contributed by atoms with Crippen molar-refractivity contribution in [2.24, 2.45) is 5.73 Å². The number of rotatable bonds is 45. The highest BCUT2D eigenvalue weighted by atomic mass is 31.2. The van der Waals surface area contributed by atoms with E-state index < -0.39 is 13.9 Å². The van der Waals surface area contributed by atoms with Gasteiger partial charge in [0.05, 0.1) is 19.8 Å². The van der Waals surface area contributed by atoms with Gasteiger partial charge >= 0.3 is 13.8 Å². The smallest absolute Gasteiger partial charge is 0.457 e. The molecule has 0 heterocycles. The second kappa shape index (κ2) is 44.1. The van der Waals surface area contributed by atoms with Crippen LogP contribution in [0.2, 0.25) is 0 Å². The number of nitrogens with two attached hydrogens (primary N) is 1. The van der Waals surface area contributed by atoms with Gasteiger partial charge in [-0.1, -0.05) is 199 Å². The monoisotopic (exact) mass is 800 g/mol. The van der Waals surface area contributed by atoms with Crippen LogP contribution >= 0.6 is 7.82 Å². The fourth-order valence-corrected chi connectivity index (χ4v) is 7.44. The van der Waals surface area contributed by atoms with Crippen LogP contribution in [0.3, 0.4) is 0 Å². The maximum Gasteiger partial charge on any atom is 0.472 e. The molecule has 8 nitrogen and oxygen atoms in total. The van der Waals surface area contributed by atoms with E-state index in [-0.39, 0.29) is 32.3 Å². The van der Waals surface area contributed by atoms with Crippen LogP contribution in [-0.4, -0.2) is 49.9 Å². The maximum atomic E-state index is 12.6. The molecule has 0 aliphatic heterocycles. The summed E-state index contributed by atoms with van der Waals surface area (Å²) in [5.74, 6) is -0.328. The average molecular weight is 800 g/mol. The summed E-state index contributed by atoms with van der Waals surface area (Å²) in [5, 5.41) is 0. The third-order valence-electron chi connectivity index (χ3n) is 10.1. The number of ether oxygens (including phenoxy) is 2. The van der Waals surface area contributed by atoms with E-state index in [1.807, 2.05) is 0 Å². The Hall–Kier alpha value is -1.02. The molecule has 2 unspecified atom stereocenters. The van der Waals surface area contributed by atoms with Crippen molar-refractivity contribution < 1.29 is 32.8 Å². The number of unbranched alkanes of at least 4 members (excludes halogenated alkanes) is 28. The lowest BCUT2D eigenvalue weighted by Gasteiger charge is -2.20. The Morgan fingerprint density at radius 1 is 0.545 bits per heavy atom. The van der Waals surface area contributed by atoms with Crippen LogP contribution in [0.15, 0.2) is 24.3 Å². The number of esters is 1. The largest absolute Gasteiger partial charge is 0.472 e. The van der Waals surface area contributed by atoms with Crippen LogP contribution in [0.25, 0.3) is 0 Å². The summed E-state index contributed by atoms with van der Waals surface area (Å²) < 4.78 is 33.5. The van der Waals surface area contributed by atoms with Crippen LogP contribution in [0.4, 0.5) is 0 Å². The number of phosphoric acid groups is 1. The fourth-order valence-electron chi connectivity index (χ4n) is 6.68. The lowest BCUT2D eigenvalue weighted by atomic mass is 10.0. The first kappa shape index (κ1) is 54.0. The predicted octanol–water partition coefficient (Wildman–Crippen LogP) is 14.0. The van der Waals surface area contributed by atoms with Crippen molar-refractivity contribution in [2.45, 2.75) is 232 Å². The number of phosphoric ester groups is 1. The molecular formula is C46H90NO7P. The lowest BCUT2D eigenvalue weighted by Crippen LogP contribution is -2.28. The molecule has 0 rings (SSSR count). The highest BCUT2D eigenvalue weighted by Crippen LogP contribution is 2.43. The lowest BCUT2D eigenvalue weighted by molar-refractivity contribution is -0.154. The molecule has 9 heteroatoms. The Morgan fingerprint density at radius 3 is 1.45 bits per heavy atom. The number of hydrogen-bond donors (Lipinski definition) is 2. The van der Waals surface area contributed by atoms with Crippen LogP contribution in [0.5, 0.6) is 0 Å². The Labute approximate surface area is 340 Å². The third kappa shape index (κ3) is 43.9. The molecule has 0 fully saturated rings. The van der Waals surface area contributed by atoms with Gasteiger partial charge in [-0.25, -0.2) is 4.57 Å². The molecule has 3 N–H and O–H groups in total. The van der Waals surface area contributed by atoms with Crippen LogP contribution in [0.1, 0.15) is 226 Å². The second-order valence-corrected chi connectivity index (χ2v) is 17.1. The molecule has 2 atom stereocenters. The van der Waals surface area contributed by atoms with Crippen molar-refractivity contribution >= 4 is 13.8 Å². The van der Waals surface area contributed by atoms with E-state index in [0.717, 1.165) is 38.5 Å². The first-order chi connectivity index (χ1) is 26.9. The molecule has 0 saturated carbocycles. The Bertz CT molecular complexity index is 900. The van der Waals surface area contributed by atoms with Crippen LogP contribution in [0, 0.1) is 0 Å². The van der Waals surface area contributed by atoms with Gasteiger partial charge in [0.25, 0.3) is 0 Å². The van der Waals surface area contributed by atoms with Gasteiger partial charge in [-0.3, -0.25) is 13.8 Å². The first-order valence-corrected chi connectivity index (χ1v) is 24.8. The SMILES string of the molecule is CCCCC/C=C\C/C=C\CCCCCCCCCCOCC(COP(=O)(O)OCCN)OC(=O)CCCCCCCCCCCCCCCCCCCC. The van der Waals surface area contributed by atoms with E-state index in [9.17, 15) is 14.3 Å². The topological polar surface area (TPSA) is 117 Å². The molecule has 55 heavy (non-hydrogen) atoms. The summed E-state index contributed by atoms with van der Waals surface area (Å²) in [4.78, 5) is 22.5. The fraction of sp³-hybridized carbons (Fsp3) is 0.891. The van der Waals surface area contributed by atoms with Crippen molar-refractivity contribution in [3.63, 3.8) is 0 Å². The van der Waals surface area contributed by atoms with Crippen molar-refractivity contribution in [3.8, 4) is 0 Å². The van der Waals surface area contributed by atoms with Gasteiger partial charge in [0.1, 0.15) is 6.10 Å². The van der Waals surface area contributed by atoms with Gasteiger partial charge in [-0.15, -0.1) is 0 Å². The van der Waals surface area contributed by atoms with Crippen molar-refractivity contribution in [2.75, 3.05) is 33.0 Å². The van der Waals surface area contributed by atoms with Crippen molar-refractivity contribution in [3.05, 3.63) is 24.3 Å². The molecular weight excluding hydrogens is 709 g/mol. The van der Waals surface area contributed by atoms with E-state index in [2.05, 4.69) is 38.2 Å². The Balaban J connectivity index is 3.97. The highest BCUT2D eigenvalue weighted by molar-refractivity contribution is 7.47. The number of carbonyl (C=O) groups is 1. The summed E-state index contributed by atoms with van der Waals surface area (Å²) >= 11 is 0. The second-order valence-electron chi connectivity index (χ2n) is 15.6. The zero-order valence-corrected chi connectivity index (χ0v) is 37.1. The first-order valence-electron chi connectivity index (χ1n) is 23.3. The summed E-state index contributed by atoms with van der Waals surface area (Å²) in [6.45, 7) is 4.93. The van der Waals surface area contributed by atoms with Gasteiger partial charge in [-0.05, 0) is 44.9 Å². The number of allylic oxidation sites excluding steroid dienone is 4. The third-order valence-corrected chi connectivity index (χ3v) is 11.1. The molecule has 0 aromatic heterocycles. The van der Waals surface area contributed by atoms with E-state index >= 15 is 0 Å². The molecule has 0 radical (unpaired) electrons. The predicted molar refractivity (Wildman–Crippen MR) is 233 cm³/mol. The molecule has 0 aromatic rings. The van der Waals surface area contributed by atoms with Gasteiger partial charge in [0, 0.05) is 19.6 Å². The molecule has 0 amide bonds. The zero-order chi connectivity index (χ0) is 40.2. The van der Waals surface area contributed by atoms with Gasteiger partial charge in [0.15, 0.2) is 0 Å². The summed E-state index contributed by atoms with van der Waals surface area (Å²) in [5.41, 5.74) is 5.38. The van der Waals surface area contributed by atoms with Gasteiger partial charge < -0.3 is 20.1 Å². The van der Waals surface area contributed by atoms with E-state index in [4.69, 9.17) is 24.3 Å². The van der Waals surface area contributed by atoms with Gasteiger partial charge in [-0.2, -0.15) is 0 Å². The van der Waals surface area contributed by atoms with Crippen LogP contribution < -0.4 is 5.73 Å². The summed E-state index contributed by atoms with van der Waals surface area (Å²) in [6.07, 6.45) is 49.1. The molecule has 0 spiro atoms. The normalized spacial score (nSPS) is 13.6. The summed E-state index contributed by atoms with van der Waals surface area (Å²) in [6, 6.07) is 0. The van der Waals surface area contributed by atoms with Crippen LogP contribution in [-0.2, 0) is 27.9 Å². The molecule has 326 valence electrons.